The number of hydrogen-bond acceptors (Lipinski definition) is 3. The molecule has 0 aliphatic rings. The molecule has 0 spiro atoms. The van der Waals surface area contributed by atoms with Gasteiger partial charge in [0.05, 0.1) is 5.56 Å². The van der Waals surface area contributed by atoms with E-state index in [0.717, 1.165) is 0 Å². The highest BCUT2D eigenvalue weighted by atomic mass is 35.5. The van der Waals surface area contributed by atoms with E-state index in [1.807, 2.05) is 0 Å². The molecule has 2 aromatic carbocycles. The van der Waals surface area contributed by atoms with Gasteiger partial charge in [-0.05, 0) is 42.5 Å². The number of anilines is 1. The van der Waals surface area contributed by atoms with Gasteiger partial charge >= 0.3 is 0 Å². The van der Waals surface area contributed by atoms with Crippen molar-refractivity contribution >= 4 is 29.0 Å². The largest absolute Gasteiger partial charge is 0.507 e. The zero-order valence-electron chi connectivity index (χ0n) is 13.3. The van der Waals surface area contributed by atoms with Gasteiger partial charge in [-0.2, -0.15) is 0 Å². The average Bonchev–Trinajstić information content (AvgIpc) is 2.61. The molecule has 1 amide bonds. The van der Waals surface area contributed by atoms with Crippen molar-refractivity contribution in [3.8, 4) is 5.75 Å². The molecule has 0 aromatic heterocycles. The van der Waals surface area contributed by atoms with E-state index in [9.17, 15) is 14.7 Å². The Bertz CT molecular complexity index is 867. The van der Waals surface area contributed by atoms with Crippen LogP contribution in [0.5, 0.6) is 5.75 Å². The Labute approximate surface area is 150 Å². The number of rotatable bonds is 6. The Morgan fingerprint density at radius 3 is 2.36 bits per heavy atom. The second-order valence-corrected chi connectivity index (χ2v) is 5.52. The van der Waals surface area contributed by atoms with Crippen LogP contribution in [0.25, 0.3) is 0 Å². The quantitative estimate of drug-likeness (QED) is 0.446. The van der Waals surface area contributed by atoms with Crippen molar-refractivity contribution in [3.63, 3.8) is 0 Å². The van der Waals surface area contributed by atoms with Crippen LogP contribution in [0.15, 0.2) is 79.4 Å². The number of halogens is 1. The molecule has 0 radical (unpaired) electrons. The van der Waals surface area contributed by atoms with Gasteiger partial charge in [0.1, 0.15) is 5.75 Å². The Hall–Kier alpha value is -3.11. The van der Waals surface area contributed by atoms with Gasteiger partial charge in [-0.15, -0.1) is 0 Å². The van der Waals surface area contributed by atoms with Gasteiger partial charge in [-0.25, -0.2) is 0 Å². The first kappa shape index (κ1) is 18.2. The van der Waals surface area contributed by atoms with Crippen molar-refractivity contribution < 1.29 is 14.7 Å². The summed E-state index contributed by atoms with van der Waals surface area (Å²) in [4.78, 5) is 24.5. The molecule has 126 valence electrons. The van der Waals surface area contributed by atoms with Crippen LogP contribution in [0.2, 0.25) is 5.02 Å². The summed E-state index contributed by atoms with van der Waals surface area (Å²) in [6, 6.07) is 10.6. The summed E-state index contributed by atoms with van der Waals surface area (Å²) in [7, 11) is 0. The van der Waals surface area contributed by atoms with Gasteiger partial charge in [-0.3, -0.25) is 9.59 Å². The van der Waals surface area contributed by atoms with E-state index in [4.69, 9.17) is 11.6 Å². The van der Waals surface area contributed by atoms with Crippen LogP contribution in [-0.2, 0) is 0 Å². The highest BCUT2D eigenvalue weighted by Gasteiger charge is 2.13. The second kappa shape index (κ2) is 8.13. The third-order valence-corrected chi connectivity index (χ3v) is 3.62. The Morgan fingerprint density at radius 1 is 1.08 bits per heavy atom. The number of ketones is 1. The fourth-order valence-corrected chi connectivity index (χ4v) is 2.30. The zero-order chi connectivity index (χ0) is 18.4. The number of amides is 1. The van der Waals surface area contributed by atoms with Crippen molar-refractivity contribution in [2.75, 3.05) is 5.32 Å². The molecule has 2 aromatic rings. The van der Waals surface area contributed by atoms with Crippen LogP contribution in [0.4, 0.5) is 5.69 Å². The highest BCUT2D eigenvalue weighted by Crippen LogP contribution is 2.23. The summed E-state index contributed by atoms with van der Waals surface area (Å²) in [6.45, 7) is 7.16. The molecule has 0 fully saturated rings. The molecule has 0 aliphatic carbocycles. The normalized spacial score (nSPS) is 10.8. The zero-order valence-corrected chi connectivity index (χ0v) is 14.1. The Morgan fingerprint density at radius 2 is 1.76 bits per heavy atom. The number of aromatic hydroxyl groups is 1. The predicted octanol–water partition coefficient (Wildman–Crippen LogP) is 4.78. The van der Waals surface area contributed by atoms with Crippen LogP contribution >= 0.6 is 11.6 Å². The van der Waals surface area contributed by atoms with Crippen molar-refractivity contribution in [2.45, 2.75) is 0 Å². The number of phenolic OH excluding ortho intramolecular Hbond substituents is 1. The van der Waals surface area contributed by atoms with Crippen molar-refractivity contribution in [1.29, 1.82) is 0 Å². The lowest BCUT2D eigenvalue weighted by Gasteiger charge is -2.08. The first-order chi connectivity index (χ1) is 12.0. The minimum absolute atomic E-state index is 0.0653. The first-order valence-corrected chi connectivity index (χ1v) is 7.74. The molecule has 0 bridgehead atoms. The van der Waals surface area contributed by atoms with Gasteiger partial charge < -0.3 is 10.4 Å². The first-order valence-electron chi connectivity index (χ1n) is 7.36. The monoisotopic (exact) mass is 353 g/mol. The van der Waals surface area contributed by atoms with E-state index < -0.39 is 5.91 Å². The third kappa shape index (κ3) is 4.46. The molecular formula is C20H16ClNO3. The molecule has 0 atom stereocenters. The molecule has 2 rings (SSSR count). The molecule has 25 heavy (non-hydrogen) atoms. The number of hydrogen-bond donors (Lipinski definition) is 2. The molecule has 0 aliphatic heterocycles. The Balaban J connectivity index is 2.17. The maximum absolute atomic E-state index is 12.3. The van der Waals surface area contributed by atoms with Crippen molar-refractivity contribution in [2.24, 2.45) is 0 Å². The fourth-order valence-electron chi connectivity index (χ4n) is 2.12. The third-order valence-electron chi connectivity index (χ3n) is 3.39. The van der Waals surface area contributed by atoms with Gasteiger partial charge in [0.25, 0.3) is 5.91 Å². The summed E-state index contributed by atoms with van der Waals surface area (Å²) >= 11 is 5.84. The number of Topliss-reactive ketones (excluding diaryl/α,β-unsaturated/α-hetero) is 1. The number of nitrogens with one attached hydrogen (secondary N) is 1. The van der Waals surface area contributed by atoms with Crippen LogP contribution < -0.4 is 5.32 Å². The van der Waals surface area contributed by atoms with Crippen LogP contribution in [-0.4, -0.2) is 16.8 Å². The van der Waals surface area contributed by atoms with Gasteiger partial charge in [0, 0.05) is 21.8 Å². The molecule has 2 N–H and O–H groups in total. The molecule has 0 unspecified atom stereocenters. The minimum Gasteiger partial charge on any atom is -0.507 e. The summed E-state index contributed by atoms with van der Waals surface area (Å²) in [5, 5.41) is 12.7. The smallest absolute Gasteiger partial charge is 0.259 e. The maximum atomic E-state index is 12.3. The molecule has 5 heteroatoms. The number of carbonyl (C=O) groups excluding carboxylic acids is 2. The Kier molecular flexibility index (Phi) is 5.93. The van der Waals surface area contributed by atoms with Crippen LogP contribution in [0.1, 0.15) is 20.7 Å². The molecule has 0 heterocycles. The second-order valence-electron chi connectivity index (χ2n) is 5.08. The SMILES string of the molecule is C=C/C=C(\C=C)C(=O)c1ccc(NC(=O)c2cc(Cl)ccc2O)cc1. The van der Waals surface area contributed by atoms with Crippen LogP contribution in [0, 0.1) is 0 Å². The minimum atomic E-state index is -0.502. The van der Waals surface area contributed by atoms with Gasteiger partial charge in [0.2, 0.25) is 0 Å². The maximum Gasteiger partial charge on any atom is 0.259 e. The predicted molar refractivity (Wildman–Crippen MR) is 100 cm³/mol. The lowest BCUT2D eigenvalue weighted by molar-refractivity contribution is 0.102. The number of allylic oxidation sites excluding steroid dienone is 4. The lowest BCUT2D eigenvalue weighted by Crippen LogP contribution is -2.12. The summed E-state index contributed by atoms with van der Waals surface area (Å²) in [5.74, 6) is -0.864. The molecule has 0 saturated heterocycles. The molecule has 4 nitrogen and oxygen atoms in total. The van der Waals surface area contributed by atoms with E-state index in [1.54, 1.807) is 30.3 Å². The van der Waals surface area contributed by atoms with E-state index in [0.29, 0.717) is 21.8 Å². The molecule has 0 saturated carbocycles. The van der Waals surface area contributed by atoms with E-state index >= 15 is 0 Å². The summed E-state index contributed by atoms with van der Waals surface area (Å²) in [6.07, 6.45) is 4.55. The highest BCUT2D eigenvalue weighted by molar-refractivity contribution is 6.31. The van der Waals surface area contributed by atoms with E-state index in [2.05, 4.69) is 18.5 Å². The molecular weight excluding hydrogens is 338 g/mol. The topological polar surface area (TPSA) is 66.4 Å². The summed E-state index contributed by atoms with van der Waals surface area (Å²) in [5.41, 5.74) is 1.43. The standard InChI is InChI=1S/C20H16ClNO3/c1-3-5-13(4-2)19(24)14-6-9-16(10-7-14)22-20(25)17-12-15(21)8-11-18(17)23/h3-12,23H,1-2H2,(H,22,25)/b13-5+. The number of phenols is 1. The van der Waals surface area contributed by atoms with Gasteiger partial charge in [-0.1, -0.05) is 43.0 Å². The van der Waals surface area contributed by atoms with Crippen LogP contribution in [0.3, 0.4) is 0 Å². The average molecular weight is 354 g/mol. The number of carbonyl (C=O) groups is 2. The van der Waals surface area contributed by atoms with E-state index in [1.165, 1.54) is 30.4 Å². The lowest BCUT2D eigenvalue weighted by atomic mass is 10.0. The summed E-state index contributed by atoms with van der Waals surface area (Å²) < 4.78 is 0. The van der Waals surface area contributed by atoms with Crippen molar-refractivity contribution in [3.05, 3.63) is 95.6 Å². The van der Waals surface area contributed by atoms with Crippen molar-refractivity contribution in [1.82, 2.24) is 0 Å². The fraction of sp³-hybridized carbons (Fsp3) is 0. The van der Waals surface area contributed by atoms with E-state index in [-0.39, 0.29) is 17.1 Å². The number of benzene rings is 2. The van der Waals surface area contributed by atoms with Gasteiger partial charge in [0.15, 0.2) is 5.78 Å².